The molecule has 26 heavy (non-hydrogen) atoms. The molecule has 0 saturated heterocycles. The van der Waals surface area contributed by atoms with Gasteiger partial charge in [0.05, 0.1) is 10.9 Å². The van der Waals surface area contributed by atoms with E-state index in [4.69, 9.17) is 4.74 Å². The van der Waals surface area contributed by atoms with Gasteiger partial charge in [-0.1, -0.05) is 26.0 Å². The molecule has 0 saturated carbocycles. The number of rotatable bonds is 9. The number of nitrogens with zero attached hydrogens (tertiary/aromatic N) is 1. The summed E-state index contributed by atoms with van der Waals surface area (Å²) in [5.41, 5.74) is 0.443. The van der Waals surface area contributed by atoms with Gasteiger partial charge in [0.15, 0.2) is 6.61 Å². The lowest BCUT2D eigenvalue weighted by Gasteiger charge is -2.14. The maximum atomic E-state index is 12.0. The number of H-pyrrole nitrogens is 1. The lowest BCUT2D eigenvalue weighted by molar-refractivity contribution is -0.148. The van der Waals surface area contributed by atoms with Gasteiger partial charge in [-0.15, -0.1) is 0 Å². The van der Waals surface area contributed by atoms with Crippen LogP contribution in [-0.4, -0.2) is 34.5 Å². The topological polar surface area (TPSA) is 101 Å². The van der Waals surface area contributed by atoms with Crippen LogP contribution in [0, 0.1) is 0 Å². The first-order valence-electron chi connectivity index (χ1n) is 8.96. The number of hydrogen-bond acceptors (Lipinski definition) is 5. The zero-order valence-electron chi connectivity index (χ0n) is 15.2. The second kappa shape index (κ2) is 9.70. The number of nitrogens with one attached hydrogen (secondary N) is 2. The van der Waals surface area contributed by atoms with Crippen LogP contribution in [0.4, 0.5) is 0 Å². The quantitative estimate of drug-likeness (QED) is 0.668. The number of carbonyl (C=O) groups excluding carboxylic acids is 2. The number of aromatic nitrogens is 2. The summed E-state index contributed by atoms with van der Waals surface area (Å²) < 4.78 is 4.98. The van der Waals surface area contributed by atoms with Crippen molar-refractivity contribution in [2.45, 2.75) is 52.0 Å². The van der Waals surface area contributed by atoms with Crippen molar-refractivity contribution in [3.63, 3.8) is 0 Å². The Bertz CT molecular complexity index is 812. The van der Waals surface area contributed by atoms with Crippen molar-refractivity contribution in [1.29, 1.82) is 0 Å². The molecule has 1 aromatic heterocycles. The van der Waals surface area contributed by atoms with Gasteiger partial charge in [-0.25, -0.2) is 4.98 Å². The minimum absolute atomic E-state index is 0.108. The highest BCUT2D eigenvalue weighted by molar-refractivity contribution is 5.80. The molecule has 7 heteroatoms. The molecule has 0 atom stereocenters. The third-order valence-electron chi connectivity index (χ3n) is 4.17. The fraction of sp³-hybridized carbons (Fsp3) is 0.474. The Hall–Kier alpha value is -2.70. The predicted octanol–water partition coefficient (Wildman–Crippen LogP) is 2.09. The standard InChI is InChI=1S/C19H25N3O4/c1-3-13(4-2)20-17(23)12-26-18(24)11-7-10-16-21-15-9-6-5-8-14(15)19(25)22-16/h5-6,8-9,13H,3-4,7,10-12H2,1-2H3,(H,20,23)(H,21,22,25). The smallest absolute Gasteiger partial charge is 0.306 e. The molecule has 0 spiro atoms. The van der Waals surface area contributed by atoms with Crippen LogP contribution in [0.3, 0.4) is 0 Å². The number of amides is 1. The third kappa shape index (κ3) is 5.68. The summed E-state index contributed by atoms with van der Waals surface area (Å²) in [7, 11) is 0. The summed E-state index contributed by atoms with van der Waals surface area (Å²) in [4.78, 5) is 42.5. The molecule has 1 amide bonds. The summed E-state index contributed by atoms with van der Waals surface area (Å²) in [5, 5.41) is 3.35. The van der Waals surface area contributed by atoms with E-state index in [2.05, 4.69) is 15.3 Å². The van der Waals surface area contributed by atoms with Crippen LogP contribution in [-0.2, 0) is 20.7 Å². The normalized spacial score (nSPS) is 10.9. The molecule has 1 heterocycles. The highest BCUT2D eigenvalue weighted by Crippen LogP contribution is 2.07. The third-order valence-corrected chi connectivity index (χ3v) is 4.17. The Morgan fingerprint density at radius 1 is 1.23 bits per heavy atom. The molecular formula is C19H25N3O4. The first kappa shape index (κ1) is 19.6. The minimum Gasteiger partial charge on any atom is -0.456 e. The zero-order valence-corrected chi connectivity index (χ0v) is 15.2. The Labute approximate surface area is 152 Å². The lowest BCUT2D eigenvalue weighted by atomic mass is 10.2. The number of aromatic amines is 1. The van der Waals surface area contributed by atoms with E-state index in [1.165, 1.54) is 0 Å². The van der Waals surface area contributed by atoms with Gasteiger partial charge in [-0.05, 0) is 31.4 Å². The number of esters is 1. The number of benzene rings is 1. The molecule has 2 rings (SSSR count). The summed E-state index contributed by atoms with van der Waals surface area (Å²) >= 11 is 0. The molecule has 0 unspecified atom stereocenters. The summed E-state index contributed by atoms with van der Waals surface area (Å²) in [5.74, 6) is -0.187. The molecule has 0 fully saturated rings. The maximum Gasteiger partial charge on any atom is 0.306 e. The molecule has 2 aromatic rings. The highest BCUT2D eigenvalue weighted by atomic mass is 16.5. The van der Waals surface area contributed by atoms with Crippen molar-refractivity contribution in [1.82, 2.24) is 15.3 Å². The maximum absolute atomic E-state index is 12.0. The molecule has 140 valence electrons. The van der Waals surface area contributed by atoms with E-state index in [1.54, 1.807) is 18.2 Å². The fourth-order valence-corrected chi connectivity index (χ4v) is 2.63. The first-order valence-corrected chi connectivity index (χ1v) is 8.96. The highest BCUT2D eigenvalue weighted by Gasteiger charge is 2.11. The van der Waals surface area contributed by atoms with E-state index in [9.17, 15) is 14.4 Å². The number of para-hydroxylation sites is 1. The number of ether oxygens (including phenoxy) is 1. The fourth-order valence-electron chi connectivity index (χ4n) is 2.63. The van der Waals surface area contributed by atoms with E-state index in [0.717, 1.165) is 12.8 Å². The number of fused-ring (bicyclic) bond motifs is 1. The van der Waals surface area contributed by atoms with Crippen LogP contribution in [0.15, 0.2) is 29.1 Å². The van der Waals surface area contributed by atoms with Crippen LogP contribution in [0.25, 0.3) is 10.9 Å². The van der Waals surface area contributed by atoms with Crippen LogP contribution in [0.5, 0.6) is 0 Å². The first-order chi connectivity index (χ1) is 12.5. The minimum atomic E-state index is -0.437. The molecular weight excluding hydrogens is 334 g/mol. The summed E-state index contributed by atoms with van der Waals surface area (Å²) in [6.45, 7) is 3.72. The van der Waals surface area contributed by atoms with Gasteiger partial charge in [0.2, 0.25) is 0 Å². The van der Waals surface area contributed by atoms with Crippen LogP contribution >= 0.6 is 0 Å². The summed E-state index contributed by atoms with van der Waals surface area (Å²) in [6.07, 6.45) is 2.78. The van der Waals surface area contributed by atoms with E-state index in [-0.39, 0.29) is 30.5 Å². The van der Waals surface area contributed by atoms with Crippen molar-refractivity contribution in [3.8, 4) is 0 Å². The average Bonchev–Trinajstić information content (AvgIpc) is 2.64. The van der Waals surface area contributed by atoms with Crippen LogP contribution in [0.2, 0.25) is 0 Å². The molecule has 1 aromatic carbocycles. The van der Waals surface area contributed by atoms with E-state index in [0.29, 0.717) is 29.6 Å². The molecule has 0 radical (unpaired) electrons. The number of hydrogen-bond donors (Lipinski definition) is 2. The van der Waals surface area contributed by atoms with Gasteiger partial charge in [0, 0.05) is 18.9 Å². The van der Waals surface area contributed by atoms with E-state index < -0.39 is 5.97 Å². The molecule has 0 aliphatic heterocycles. The van der Waals surface area contributed by atoms with Crippen LogP contribution in [0.1, 0.15) is 45.4 Å². The van der Waals surface area contributed by atoms with Gasteiger partial charge in [-0.3, -0.25) is 14.4 Å². The van der Waals surface area contributed by atoms with Crippen LogP contribution < -0.4 is 10.9 Å². The Morgan fingerprint density at radius 3 is 2.69 bits per heavy atom. The van der Waals surface area contributed by atoms with Gasteiger partial charge < -0.3 is 15.0 Å². The summed E-state index contributed by atoms with van der Waals surface area (Å²) in [6, 6.07) is 7.21. The van der Waals surface area contributed by atoms with Gasteiger partial charge in [-0.2, -0.15) is 0 Å². The Morgan fingerprint density at radius 2 is 1.96 bits per heavy atom. The number of aryl methyl sites for hydroxylation is 1. The Balaban J connectivity index is 1.76. The van der Waals surface area contributed by atoms with Crippen molar-refractivity contribution < 1.29 is 14.3 Å². The molecule has 7 nitrogen and oxygen atoms in total. The van der Waals surface area contributed by atoms with Crippen molar-refractivity contribution in [2.75, 3.05) is 6.61 Å². The van der Waals surface area contributed by atoms with Gasteiger partial charge >= 0.3 is 5.97 Å². The van der Waals surface area contributed by atoms with Crippen molar-refractivity contribution >= 4 is 22.8 Å². The second-order valence-corrected chi connectivity index (χ2v) is 6.12. The lowest BCUT2D eigenvalue weighted by Crippen LogP contribution is -2.36. The number of carbonyl (C=O) groups is 2. The molecule has 0 aliphatic carbocycles. The van der Waals surface area contributed by atoms with E-state index in [1.807, 2.05) is 19.9 Å². The molecule has 0 aliphatic rings. The van der Waals surface area contributed by atoms with Crippen molar-refractivity contribution in [3.05, 3.63) is 40.4 Å². The van der Waals surface area contributed by atoms with Crippen molar-refractivity contribution in [2.24, 2.45) is 0 Å². The van der Waals surface area contributed by atoms with E-state index >= 15 is 0 Å². The zero-order chi connectivity index (χ0) is 18.9. The van der Waals surface area contributed by atoms with Gasteiger partial charge in [0.25, 0.3) is 11.5 Å². The monoisotopic (exact) mass is 359 g/mol. The predicted molar refractivity (Wildman–Crippen MR) is 98.8 cm³/mol. The SMILES string of the molecule is CCC(CC)NC(=O)COC(=O)CCCc1nc2ccccc2c(=O)[nH]1. The molecule has 0 bridgehead atoms. The Kier molecular flexibility index (Phi) is 7.32. The largest absolute Gasteiger partial charge is 0.456 e. The average molecular weight is 359 g/mol. The van der Waals surface area contributed by atoms with Gasteiger partial charge in [0.1, 0.15) is 5.82 Å². The molecule has 2 N–H and O–H groups in total. The second-order valence-electron chi connectivity index (χ2n) is 6.12.